The van der Waals surface area contributed by atoms with Gasteiger partial charge in [0.25, 0.3) is 0 Å². The van der Waals surface area contributed by atoms with Crippen LogP contribution in [-0.2, 0) is 14.8 Å². The lowest BCUT2D eigenvalue weighted by Crippen LogP contribution is -2.43. The standard InChI is InChI=1S/C13H16ClN3O3S/c1-9-8-20-6-5-16(9)11-7-12(14)15-13-10(11)3-4-17(13)21(2,18)19/h3-4,7,9H,5-6,8H2,1-2H3. The molecule has 1 saturated heterocycles. The van der Waals surface area contributed by atoms with Crippen molar-refractivity contribution in [2.45, 2.75) is 13.0 Å². The van der Waals surface area contributed by atoms with Crippen LogP contribution >= 0.6 is 11.6 Å². The summed E-state index contributed by atoms with van der Waals surface area (Å²) in [6.07, 6.45) is 2.66. The Hall–Kier alpha value is -1.31. The fraction of sp³-hybridized carbons (Fsp3) is 0.462. The first kappa shape index (κ1) is 14.6. The van der Waals surface area contributed by atoms with Crippen LogP contribution in [0.25, 0.3) is 11.0 Å². The zero-order valence-electron chi connectivity index (χ0n) is 11.8. The maximum atomic E-state index is 11.8. The third-order valence-electron chi connectivity index (χ3n) is 3.61. The Kier molecular flexibility index (Phi) is 3.59. The number of rotatable bonds is 2. The maximum Gasteiger partial charge on any atom is 0.237 e. The molecular formula is C13H16ClN3O3S. The summed E-state index contributed by atoms with van der Waals surface area (Å²) in [5, 5.41) is 1.05. The molecule has 1 unspecified atom stereocenters. The Labute approximate surface area is 128 Å². The van der Waals surface area contributed by atoms with Crippen LogP contribution in [0.3, 0.4) is 0 Å². The zero-order valence-corrected chi connectivity index (χ0v) is 13.4. The lowest BCUT2D eigenvalue weighted by Gasteiger charge is -2.35. The number of hydrogen-bond donors (Lipinski definition) is 0. The summed E-state index contributed by atoms with van der Waals surface area (Å²) >= 11 is 6.09. The lowest BCUT2D eigenvalue weighted by atomic mass is 10.2. The van der Waals surface area contributed by atoms with E-state index in [1.165, 1.54) is 6.20 Å². The number of halogens is 1. The van der Waals surface area contributed by atoms with Crippen molar-refractivity contribution >= 4 is 38.3 Å². The smallest absolute Gasteiger partial charge is 0.237 e. The average molecular weight is 330 g/mol. The molecule has 2 aromatic heterocycles. The van der Waals surface area contributed by atoms with Gasteiger partial charge >= 0.3 is 0 Å². The SMILES string of the molecule is CC1COCCN1c1cc(Cl)nc2c1ccn2S(C)(=O)=O. The molecule has 1 aliphatic heterocycles. The first-order chi connectivity index (χ1) is 9.88. The van der Waals surface area contributed by atoms with E-state index in [-0.39, 0.29) is 11.2 Å². The van der Waals surface area contributed by atoms with Crippen LogP contribution in [0.4, 0.5) is 5.69 Å². The van der Waals surface area contributed by atoms with E-state index in [2.05, 4.69) is 16.8 Å². The third-order valence-corrected chi connectivity index (χ3v) is 4.81. The topological polar surface area (TPSA) is 64.4 Å². The minimum absolute atomic E-state index is 0.196. The molecule has 0 amide bonds. The van der Waals surface area contributed by atoms with E-state index >= 15 is 0 Å². The predicted molar refractivity (Wildman–Crippen MR) is 82.6 cm³/mol. The van der Waals surface area contributed by atoms with Gasteiger partial charge in [-0.05, 0) is 19.1 Å². The van der Waals surface area contributed by atoms with E-state index < -0.39 is 10.0 Å². The first-order valence-corrected chi connectivity index (χ1v) is 8.83. The molecule has 1 aliphatic rings. The fourth-order valence-electron chi connectivity index (χ4n) is 2.63. The van der Waals surface area contributed by atoms with Gasteiger partial charge in [0.15, 0.2) is 5.65 Å². The van der Waals surface area contributed by atoms with Crippen molar-refractivity contribution in [1.29, 1.82) is 0 Å². The van der Waals surface area contributed by atoms with Gasteiger partial charge < -0.3 is 9.64 Å². The quantitative estimate of drug-likeness (QED) is 0.785. The second kappa shape index (κ2) is 5.15. The summed E-state index contributed by atoms with van der Waals surface area (Å²) in [5.74, 6) is 0. The monoisotopic (exact) mass is 329 g/mol. The second-order valence-electron chi connectivity index (χ2n) is 5.19. The highest BCUT2D eigenvalue weighted by molar-refractivity contribution is 7.89. The number of fused-ring (bicyclic) bond motifs is 1. The molecule has 0 radical (unpaired) electrons. The van der Waals surface area contributed by atoms with Crippen LogP contribution in [0.2, 0.25) is 5.15 Å². The average Bonchev–Trinajstić information content (AvgIpc) is 2.82. The molecule has 8 heteroatoms. The van der Waals surface area contributed by atoms with E-state index in [1.807, 2.05) is 0 Å². The number of nitrogens with zero attached hydrogens (tertiary/aromatic N) is 3. The summed E-state index contributed by atoms with van der Waals surface area (Å²) in [4.78, 5) is 6.35. The molecule has 21 heavy (non-hydrogen) atoms. The molecule has 6 nitrogen and oxygen atoms in total. The van der Waals surface area contributed by atoms with Crippen LogP contribution in [0.1, 0.15) is 6.92 Å². The largest absolute Gasteiger partial charge is 0.377 e. The fourth-order valence-corrected chi connectivity index (χ4v) is 3.55. The van der Waals surface area contributed by atoms with Crippen molar-refractivity contribution in [3.05, 3.63) is 23.5 Å². The molecule has 3 heterocycles. The molecule has 0 saturated carbocycles. The number of pyridine rings is 1. The van der Waals surface area contributed by atoms with Crippen molar-refractivity contribution in [2.75, 3.05) is 30.9 Å². The molecule has 1 atom stereocenters. The third kappa shape index (κ3) is 2.61. The van der Waals surface area contributed by atoms with Gasteiger partial charge in [0.1, 0.15) is 5.15 Å². The van der Waals surface area contributed by atoms with Gasteiger partial charge in [-0.3, -0.25) is 0 Å². The number of ether oxygens (including phenoxy) is 1. The van der Waals surface area contributed by atoms with Gasteiger partial charge in [-0.2, -0.15) is 0 Å². The highest BCUT2D eigenvalue weighted by atomic mass is 35.5. The van der Waals surface area contributed by atoms with Gasteiger partial charge in [0, 0.05) is 24.2 Å². The molecule has 0 bridgehead atoms. The van der Waals surface area contributed by atoms with Crippen LogP contribution in [0, 0.1) is 0 Å². The van der Waals surface area contributed by atoms with E-state index in [4.69, 9.17) is 16.3 Å². The van der Waals surface area contributed by atoms with Gasteiger partial charge in [-0.1, -0.05) is 11.6 Å². The van der Waals surface area contributed by atoms with Gasteiger partial charge in [-0.15, -0.1) is 0 Å². The molecule has 0 spiro atoms. The molecule has 3 rings (SSSR count). The molecule has 1 fully saturated rings. The Balaban J connectivity index is 2.22. The number of anilines is 1. The molecular weight excluding hydrogens is 314 g/mol. The summed E-state index contributed by atoms with van der Waals surface area (Å²) in [7, 11) is -3.41. The van der Waals surface area contributed by atoms with Crippen LogP contribution < -0.4 is 4.90 Å². The number of morpholine rings is 1. The minimum atomic E-state index is -3.41. The summed E-state index contributed by atoms with van der Waals surface area (Å²) < 4.78 is 30.2. The van der Waals surface area contributed by atoms with E-state index in [9.17, 15) is 8.42 Å². The van der Waals surface area contributed by atoms with Crippen molar-refractivity contribution in [3.8, 4) is 0 Å². The summed E-state index contributed by atoms with van der Waals surface area (Å²) in [6.45, 7) is 4.07. The van der Waals surface area contributed by atoms with Crippen molar-refractivity contribution < 1.29 is 13.2 Å². The molecule has 114 valence electrons. The molecule has 2 aromatic rings. The van der Waals surface area contributed by atoms with Gasteiger partial charge in [0.05, 0.1) is 25.2 Å². The molecule has 0 aliphatic carbocycles. The first-order valence-electron chi connectivity index (χ1n) is 6.60. The molecule has 0 aromatic carbocycles. The van der Waals surface area contributed by atoms with E-state index in [0.29, 0.717) is 18.9 Å². The lowest BCUT2D eigenvalue weighted by molar-refractivity contribution is 0.0991. The Bertz CT molecular complexity index is 787. The zero-order chi connectivity index (χ0) is 15.2. The second-order valence-corrected chi connectivity index (χ2v) is 7.44. The summed E-state index contributed by atoms with van der Waals surface area (Å²) in [6, 6.07) is 3.73. The number of hydrogen-bond acceptors (Lipinski definition) is 5. The highest BCUT2D eigenvalue weighted by Gasteiger charge is 2.23. The minimum Gasteiger partial charge on any atom is -0.377 e. The Morgan fingerprint density at radius 1 is 1.48 bits per heavy atom. The van der Waals surface area contributed by atoms with Crippen molar-refractivity contribution in [2.24, 2.45) is 0 Å². The normalized spacial score (nSPS) is 20.1. The van der Waals surface area contributed by atoms with Crippen LogP contribution in [0.15, 0.2) is 18.3 Å². The van der Waals surface area contributed by atoms with Gasteiger partial charge in [-0.25, -0.2) is 17.4 Å². The molecule has 0 N–H and O–H groups in total. The van der Waals surface area contributed by atoms with Crippen molar-refractivity contribution in [3.63, 3.8) is 0 Å². The van der Waals surface area contributed by atoms with Crippen LogP contribution in [-0.4, -0.2) is 49.4 Å². The Morgan fingerprint density at radius 3 is 2.90 bits per heavy atom. The predicted octanol–water partition coefficient (Wildman–Crippen LogP) is 1.72. The van der Waals surface area contributed by atoms with Crippen LogP contribution in [0.5, 0.6) is 0 Å². The maximum absolute atomic E-state index is 11.8. The van der Waals surface area contributed by atoms with Crippen molar-refractivity contribution in [1.82, 2.24) is 8.96 Å². The highest BCUT2D eigenvalue weighted by Crippen LogP contribution is 2.32. The Morgan fingerprint density at radius 2 is 2.24 bits per heavy atom. The van der Waals surface area contributed by atoms with E-state index in [1.54, 1.807) is 12.1 Å². The summed E-state index contributed by atoms with van der Waals surface area (Å²) in [5.41, 5.74) is 1.25. The number of aromatic nitrogens is 2. The van der Waals surface area contributed by atoms with Gasteiger partial charge in [0.2, 0.25) is 10.0 Å². The van der Waals surface area contributed by atoms with E-state index in [0.717, 1.165) is 27.8 Å².